The number of nitrogens with zero attached hydrogens (tertiary/aromatic N) is 2. The molecule has 0 aliphatic carbocycles. The van der Waals surface area contributed by atoms with Gasteiger partial charge in [-0.1, -0.05) is 18.2 Å². The van der Waals surface area contributed by atoms with Crippen molar-refractivity contribution in [3.05, 3.63) is 60.4 Å². The van der Waals surface area contributed by atoms with Gasteiger partial charge in [-0.3, -0.25) is 0 Å². The van der Waals surface area contributed by atoms with Crippen LogP contribution in [-0.2, 0) is 6.42 Å². The van der Waals surface area contributed by atoms with Crippen molar-refractivity contribution in [2.45, 2.75) is 6.42 Å². The molecule has 3 rings (SSSR count). The fourth-order valence-electron chi connectivity index (χ4n) is 1.78. The Hall–Kier alpha value is -2.16. The number of para-hydroxylation sites is 1. The largest absolute Gasteiger partial charge is 0.469 e. The molecule has 1 aromatic carbocycles. The summed E-state index contributed by atoms with van der Waals surface area (Å²) >= 11 is 0. The number of hydrogen-bond acceptors (Lipinski definition) is 3. The average Bonchev–Trinajstić information content (AvgIpc) is 2.82. The molecule has 78 valence electrons. The fourth-order valence-corrected chi connectivity index (χ4v) is 1.78. The van der Waals surface area contributed by atoms with Crippen LogP contribution in [0, 0.1) is 0 Å². The second kappa shape index (κ2) is 3.77. The van der Waals surface area contributed by atoms with E-state index in [2.05, 4.69) is 9.97 Å². The van der Waals surface area contributed by atoms with Gasteiger partial charge in [0.05, 0.1) is 17.5 Å². The van der Waals surface area contributed by atoms with Crippen LogP contribution >= 0.6 is 0 Å². The summed E-state index contributed by atoms with van der Waals surface area (Å²) in [6.45, 7) is 0. The maximum atomic E-state index is 5.33. The van der Waals surface area contributed by atoms with Crippen molar-refractivity contribution in [2.75, 3.05) is 0 Å². The van der Waals surface area contributed by atoms with E-state index >= 15 is 0 Å². The molecule has 0 fully saturated rings. The maximum absolute atomic E-state index is 5.33. The monoisotopic (exact) mass is 210 g/mol. The summed E-state index contributed by atoms with van der Waals surface area (Å²) in [6, 6.07) is 11.8. The lowest BCUT2D eigenvalue weighted by atomic mass is 10.1. The van der Waals surface area contributed by atoms with Crippen molar-refractivity contribution in [3.63, 3.8) is 0 Å². The zero-order valence-electron chi connectivity index (χ0n) is 8.63. The lowest BCUT2D eigenvalue weighted by Crippen LogP contribution is -1.93. The number of fused-ring (bicyclic) bond motifs is 1. The van der Waals surface area contributed by atoms with E-state index in [1.165, 1.54) is 0 Å². The Morgan fingerprint density at radius 3 is 2.81 bits per heavy atom. The van der Waals surface area contributed by atoms with Crippen LogP contribution in [0.2, 0.25) is 0 Å². The third-order valence-electron chi connectivity index (χ3n) is 2.55. The molecular formula is C13H10N2O. The number of aromatic nitrogens is 2. The van der Waals surface area contributed by atoms with E-state index in [4.69, 9.17) is 4.42 Å². The summed E-state index contributed by atoms with van der Waals surface area (Å²) in [7, 11) is 0. The van der Waals surface area contributed by atoms with Gasteiger partial charge < -0.3 is 4.42 Å². The summed E-state index contributed by atoms with van der Waals surface area (Å²) in [5, 5.41) is 1.08. The highest BCUT2D eigenvalue weighted by Crippen LogP contribution is 2.17. The minimum absolute atomic E-state index is 0.704. The Kier molecular flexibility index (Phi) is 2.14. The number of benzene rings is 1. The molecule has 0 saturated carbocycles. The molecule has 0 aliphatic heterocycles. The van der Waals surface area contributed by atoms with Crippen LogP contribution in [-0.4, -0.2) is 9.97 Å². The van der Waals surface area contributed by atoms with Crippen molar-refractivity contribution < 1.29 is 4.42 Å². The normalized spacial score (nSPS) is 10.8. The van der Waals surface area contributed by atoms with Crippen molar-refractivity contribution in [2.24, 2.45) is 0 Å². The standard InChI is InChI=1S/C13H10N2O/c1-2-6-12-11(5-1)13(15-9-14-12)8-10-4-3-7-16-10/h1-7,9H,8H2. The van der Waals surface area contributed by atoms with Gasteiger partial charge >= 0.3 is 0 Å². The molecule has 0 radical (unpaired) electrons. The van der Waals surface area contributed by atoms with Crippen LogP contribution in [0.5, 0.6) is 0 Å². The van der Waals surface area contributed by atoms with Gasteiger partial charge in [0.15, 0.2) is 0 Å². The molecule has 3 aromatic rings. The molecule has 16 heavy (non-hydrogen) atoms. The molecule has 0 bridgehead atoms. The molecule has 0 atom stereocenters. The Labute approximate surface area is 92.8 Å². The molecule has 3 heteroatoms. The molecule has 0 amide bonds. The van der Waals surface area contributed by atoms with E-state index in [-0.39, 0.29) is 0 Å². The number of rotatable bonds is 2. The molecule has 0 N–H and O–H groups in total. The highest BCUT2D eigenvalue weighted by molar-refractivity contribution is 5.80. The second-order valence-corrected chi connectivity index (χ2v) is 3.59. The summed E-state index contributed by atoms with van der Waals surface area (Å²) < 4.78 is 5.33. The van der Waals surface area contributed by atoms with E-state index in [1.807, 2.05) is 36.4 Å². The molecule has 2 aromatic heterocycles. The Morgan fingerprint density at radius 1 is 1.00 bits per heavy atom. The van der Waals surface area contributed by atoms with Crippen molar-refractivity contribution in [3.8, 4) is 0 Å². The van der Waals surface area contributed by atoms with Gasteiger partial charge in [0.2, 0.25) is 0 Å². The van der Waals surface area contributed by atoms with Crippen LogP contribution in [0.1, 0.15) is 11.5 Å². The first-order valence-electron chi connectivity index (χ1n) is 5.14. The molecule has 2 heterocycles. The van der Waals surface area contributed by atoms with E-state index in [0.717, 1.165) is 22.4 Å². The molecule has 0 unspecified atom stereocenters. The molecule has 0 saturated heterocycles. The van der Waals surface area contributed by atoms with Crippen LogP contribution in [0.4, 0.5) is 0 Å². The second-order valence-electron chi connectivity index (χ2n) is 3.59. The predicted molar refractivity (Wildman–Crippen MR) is 61.1 cm³/mol. The minimum Gasteiger partial charge on any atom is -0.469 e. The van der Waals surface area contributed by atoms with Gasteiger partial charge in [-0.05, 0) is 18.2 Å². The van der Waals surface area contributed by atoms with Crippen LogP contribution in [0.3, 0.4) is 0 Å². The SMILES string of the molecule is c1coc(Cc2ncnc3ccccc23)c1. The maximum Gasteiger partial charge on any atom is 0.116 e. The van der Waals surface area contributed by atoms with Gasteiger partial charge in [0.1, 0.15) is 12.1 Å². The summed E-state index contributed by atoms with van der Waals surface area (Å²) in [4.78, 5) is 8.54. The molecule has 0 aliphatic rings. The minimum atomic E-state index is 0.704. The lowest BCUT2D eigenvalue weighted by Gasteiger charge is -2.02. The Bertz CT molecular complexity index is 597. The van der Waals surface area contributed by atoms with Crippen molar-refractivity contribution >= 4 is 10.9 Å². The average molecular weight is 210 g/mol. The first-order chi connectivity index (χ1) is 7.93. The van der Waals surface area contributed by atoms with Crippen LogP contribution in [0.15, 0.2) is 53.4 Å². The van der Waals surface area contributed by atoms with E-state index < -0.39 is 0 Å². The smallest absolute Gasteiger partial charge is 0.116 e. The van der Waals surface area contributed by atoms with E-state index in [9.17, 15) is 0 Å². The molecular weight excluding hydrogens is 200 g/mol. The van der Waals surface area contributed by atoms with Crippen molar-refractivity contribution in [1.29, 1.82) is 0 Å². The third kappa shape index (κ3) is 1.56. The zero-order valence-corrected chi connectivity index (χ0v) is 8.63. The first-order valence-corrected chi connectivity index (χ1v) is 5.14. The number of hydrogen-bond donors (Lipinski definition) is 0. The highest BCUT2D eigenvalue weighted by atomic mass is 16.3. The van der Waals surface area contributed by atoms with Gasteiger partial charge in [0.25, 0.3) is 0 Å². The quantitative estimate of drug-likeness (QED) is 0.652. The topological polar surface area (TPSA) is 38.9 Å². The number of furan rings is 1. The van der Waals surface area contributed by atoms with E-state index in [0.29, 0.717) is 6.42 Å². The fraction of sp³-hybridized carbons (Fsp3) is 0.0769. The highest BCUT2D eigenvalue weighted by Gasteiger charge is 2.05. The summed E-state index contributed by atoms with van der Waals surface area (Å²) in [6.07, 6.45) is 3.98. The van der Waals surface area contributed by atoms with Gasteiger partial charge in [-0.25, -0.2) is 9.97 Å². The van der Waals surface area contributed by atoms with Crippen molar-refractivity contribution in [1.82, 2.24) is 9.97 Å². The third-order valence-corrected chi connectivity index (χ3v) is 2.55. The summed E-state index contributed by atoms with van der Waals surface area (Å²) in [5.74, 6) is 0.920. The van der Waals surface area contributed by atoms with Crippen LogP contribution < -0.4 is 0 Å². The Morgan fingerprint density at radius 2 is 1.94 bits per heavy atom. The van der Waals surface area contributed by atoms with Gasteiger partial charge in [0, 0.05) is 11.8 Å². The Balaban J connectivity index is 2.10. The first kappa shape index (κ1) is 9.09. The van der Waals surface area contributed by atoms with Gasteiger partial charge in [-0.15, -0.1) is 0 Å². The zero-order chi connectivity index (χ0) is 10.8. The molecule has 3 nitrogen and oxygen atoms in total. The van der Waals surface area contributed by atoms with E-state index in [1.54, 1.807) is 12.6 Å². The summed E-state index contributed by atoms with van der Waals surface area (Å²) in [5.41, 5.74) is 1.97. The van der Waals surface area contributed by atoms with Crippen LogP contribution in [0.25, 0.3) is 10.9 Å². The van der Waals surface area contributed by atoms with Gasteiger partial charge in [-0.2, -0.15) is 0 Å². The lowest BCUT2D eigenvalue weighted by molar-refractivity contribution is 0.519. The predicted octanol–water partition coefficient (Wildman–Crippen LogP) is 2.81. The molecule has 0 spiro atoms.